The molecule has 10 heavy (non-hydrogen) atoms. The maximum Gasteiger partial charge on any atom is 0.224 e. The first-order chi connectivity index (χ1) is 4.97. The summed E-state index contributed by atoms with van der Waals surface area (Å²) in [6.07, 6.45) is 7.27. The Labute approximate surface area is 56.1 Å². The van der Waals surface area contributed by atoms with E-state index in [0.29, 0.717) is 0 Å². The van der Waals surface area contributed by atoms with Gasteiger partial charge in [-0.2, -0.15) is 9.47 Å². The van der Waals surface area contributed by atoms with Crippen molar-refractivity contribution in [2.45, 2.75) is 0 Å². The minimum absolute atomic E-state index is 1.46. The molecule has 0 amide bonds. The summed E-state index contributed by atoms with van der Waals surface area (Å²) >= 11 is 0. The van der Waals surface area contributed by atoms with Gasteiger partial charge in [-0.05, 0) is 5.21 Å². The Bertz CT molecular complexity index is 249. The summed E-state index contributed by atoms with van der Waals surface area (Å²) in [4.78, 5) is 1.46. The Hall–Kier alpha value is -1.72. The van der Waals surface area contributed by atoms with Crippen molar-refractivity contribution in [2.24, 2.45) is 0 Å². The van der Waals surface area contributed by atoms with Gasteiger partial charge in [0.1, 0.15) is 6.33 Å². The lowest BCUT2D eigenvalue weighted by molar-refractivity contribution is 0.544. The molecule has 6 nitrogen and oxygen atoms in total. The molecule has 2 heterocycles. The minimum atomic E-state index is 1.46. The van der Waals surface area contributed by atoms with E-state index >= 15 is 0 Å². The van der Waals surface area contributed by atoms with Crippen LogP contribution < -0.4 is 0 Å². The SMILES string of the molecule is [c]1nncn1-n1ccnn1. The molecule has 0 fully saturated rings. The van der Waals surface area contributed by atoms with Gasteiger partial charge < -0.3 is 0 Å². The van der Waals surface area contributed by atoms with Crippen LogP contribution >= 0.6 is 0 Å². The van der Waals surface area contributed by atoms with Crippen molar-refractivity contribution in [3.63, 3.8) is 0 Å². The summed E-state index contributed by atoms with van der Waals surface area (Å²) < 4.78 is 1.48. The summed E-state index contributed by atoms with van der Waals surface area (Å²) in [5, 5.41) is 14.3. The van der Waals surface area contributed by atoms with Gasteiger partial charge in [-0.3, -0.25) is 0 Å². The molecule has 0 saturated carbocycles. The monoisotopic (exact) mass is 135 g/mol. The molecule has 0 saturated heterocycles. The third-order valence-corrected chi connectivity index (χ3v) is 0.997. The minimum Gasteiger partial charge on any atom is -0.195 e. The first kappa shape index (κ1) is 5.10. The lowest BCUT2D eigenvalue weighted by Crippen LogP contribution is -2.07. The summed E-state index contributed by atoms with van der Waals surface area (Å²) in [5.41, 5.74) is 0. The maximum absolute atomic E-state index is 3.68. The second kappa shape index (κ2) is 1.90. The Morgan fingerprint density at radius 3 is 2.90 bits per heavy atom. The topological polar surface area (TPSA) is 61.4 Å². The molecule has 0 aromatic carbocycles. The molecular formula is C4H3N6. The highest BCUT2D eigenvalue weighted by Crippen LogP contribution is 1.81. The van der Waals surface area contributed by atoms with Gasteiger partial charge in [0.2, 0.25) is 6.33 Å². The van der Waals surface area contributed by atoms with Gasteiger partial charge in [0, 0.05) is 0 Å². The van der Waals surface area contributed by atoms with Crippen molar-refractivity contribution in [3.05, 3.63) is 25.0 Å². The third kappa shape index (κ3) is 0.661. The Morgan fingerprint density at radius 2 is 2.30 bits per heavy atom. The van der Waals surface area contributed by atoms with Crippen LogP contribution in [0.1, 0.15) is 0 Å². The predicted octanol–water partition coefficient (Wildman–Crippen LogP) is -1.02. The highest BCUT2D eigenvalue weighted by Gasteiger charge is 1.91. The summed E-state index contributed by atoms with van der Waals surface area (Å²) in [6.45, 7) is 0. The zero-order chi connectivity index (χ0) is 6.81. The Morgan fingerprint density at radius 1 is 1.30 bits per heavy atom. The standard InChI is InChI=1S/C4H3N6/c1-2-10(8-5-1)9-3-6-7-4-9/h1-3H. The summed E-state index contributed by atoms with van der Waals surface area (Å²) in [6, 6.07) is 0. The zero-order valence-corrected chi connectivity index (χ0v) is 4.92. The molecule has 1 radical (unpaired) electrons. The highest BCUT2D eigenvalue weighted by atomic mass is 15.7. The number of rotatable bonds is 1. The molecule has 0 N–H and O–H groups in total. The van der Waals surface area contributed by atoms with Crippen LogP contribution in [0.3, 0.4) is 0 Å². The largest absolute Gasteiger partial charge is 0.224 e. The molecule has 2 rings (SSSR count). The lowest BCUT2D eigenvalue weighted by Gasteiger charge is -1.93. The average molecular weight is 135 g/mol. The van der Waals surface area contributed by atoms with Crippen LogP contribution in [0.2, 0.25) is 0 Å². The van der Waals surface area contributed by atoms with Crippen LogP contribution in [-0.2, 0) is 0 Å². The van der Waals surface area contributed by atoms with Gasteiger partial charge in [0.25, 0.3) is 0 Å². The van der Waals surface area contributed by atoms with E-state index in [-0.39, 0.29) is 0 Å². The van der Waals surface area contributed by atoms with E-state index in [0.717, 1.165) is 0 Å². The van der Waals surface area contributed by atoms with Gasteiger partial charge in [-0.15, -0.1) is 15.3 Å². The molecule has 0 spiro atoms. The fraction of sp³-hybridized carbons (Fsp3) is 0. The van der Waals surface area contributed by atoms with Crippen LogP contribution in [0.4, 0.5) is 0 Å². The second-order valence-electron chi connectivity index (χ2n) is 1.60. The fourth-order valence-electron chi connectivity index (χ4n) is 0.588. The van der Waals surface area contributed by atoms with Crippen molar-refractivity contribution >= 4 is 0 Å². The average Bonchev–Trinajstić information content (AvgIpc) is 2.59. The van der Waals surface area contributed by atoms with Gasteiger partial charge in [-0.1, -0.05) is 0 Å². The molecule has 0 atom stereocenters. The third-order valence-electron chi connectivity index (χ3n) is 0.997. The zero-order valence-electron chi connectivity index (χ0n) is 4.92. The Balaban J connectivity index is 2.48. The Kier molecular flexibility index (Phi) is 0.970. The smallest absolute Gasteiger partial charge is 0.195 e. The van der Waals surface area contributed by atoms with Gasteiger partial charge in [0.05, 0.1) is 12.4 Å². The number of hydrogen-bond acceptors (Lipinski definition) is 4. The molecule has 0 bridgehead atoms. The number of nitrogens with zero attached hydrogens (tertiary/aromatic N) is 6. The fourth-order valence-corrected chi connectivity index (χ4v) is 0.588. The molecule has 2 aromatic rings. The summed E-state index contributed by atoms with van der Waals surface area (Å²) in [5.74, 6) is 0. The van der Waals surface area contributed by atoms with Crippen LogP contribution in [0, 0.1) is 6.33 Å². The van der Waals surface area contributed by atoms with E-state index in [4.69, 9.17) is 0 Å². The molecule has 0 unspecified atom stereocenters. The van der Waals surface area contributed by atoms with Crippen LogP contribution in [0.15, 0.2) is 18.7 Å². The van der Waals surface area contributed by atoms with E-state index in [1.165, 1.54) is 15.8 Å². The van der Waals surface area contributed by atoms with E-state index in [1.54, 1.807) is 12.4 Å². The molecule has 6 heteroatoms. The van der Waals surface area contributed by atoms with Gasteiger partial charge >= 0.3 is 0 Å². The molecular weight excluding hydrogens is 132 g/mol. The van der Waals surface area contributed by atoms with Crippen molar-refractivity contribution in [2.75, 3.05) is 0 Å². The quantitative estimate of drug-likeness (QED) is 0.502. The van der Waals surface area contributed by atoms with Crippen molar-refractivity contribution in [3.8, 4) is 0 Å². The first-order valence-electron chi connectivity index (χ1n) is 2.61. The molecule has 49 valence electrons. The second-order valence-corrected chi connectivity index (χ2v) is 1.60. The molecule has 0 aliphatic carbocycles. The van der Waals surface area contributed by atoms with Crippen LogP contribution in [0.5, 0.6) is 0 Å². The maximum atomic E-state index is 3.68. The predicted molar refractivity (Wildman–Crippen MR) is 29.7 cm³/mol. The number of hydrogen-bond donors (Lipinski definition) is 0. The van der Waals surface area contributed by atoms with Crippen molar-refractivity contribution in [1.82, 2.24) is 30.0 Å². The van der Waals surface area contributed by atoms with E-state index in [9.17, 15) is 0 Å². The van der Waals surface area contributed by atoms with E-state index in [2.05, 4.69) is 26.8 Å². The van der Waals surface area contributed by atoms with Crippen LogP contribution in [-0.4, -0.2) is 30.0 Å². The van der Waals surface area contributed by atoms with Gasteiger partial charge in [-0.25, -0.2) is 0 Å². The lowest BCUT2D eigenvalue weighted by atomic mass is 10.9. The van der Waals surface area contributed by atoms with E-state index < -0.39 is 0 Å². The highest BCUT2D eigenvalue weighted by molar-refractivity contribution is 4.67. The summed E-state index contributed by atoms with van der Waals surface area (Å²) in [7, 11) is 0. The molecule has 0 aliphatic heterocycles. The van der Waals surface area contributed by atoms with Crippen molar-refractivity contribution < 1.29 is 0 Å². The van der Waals surface area contributed by atoms with E-state index in [1.807, 2.05) is 0 Å². The van der Waals surface area contributed by atoms with Gasteiger partial charge in [0.15, 0.2) is 0 Å². The normalized spacial score (nSPS) is 10.0. The van der Waals surface area contributed by atoms with Crippen molar-refractivity contribution in [1.29, 1.82) is 0 Å². The molecule has 2 aromatic heterocycles. The molecule has 0 aliphatic rings. The van der Waals surface area contributed by atoms with Crippen LogP contribution in [0.25, 0.3) is 0 Å². The first-order valence-corrected chi connectivity index (χ1v) is 2.61. The number of aromatic nitrogens is 6.